The second-order valence-electron chi connectivity index (χ2n) is 12.8. The molecular weight excluding hydrogens is 572 g/mol. The van der Waals surface area contributed by atoms with Crippen molar-refractivity contribution in [2.24, 2.45) is 0 Å². The molecular formula is C33H38ClF2N5O2. The number of carbonyl (C=O) groups excluding carboxylic acids is 1. The van der Waals surface area contributed by atoms with E-state index in [4.69, 9.17) is 26.3 Å². The van der Waals surface area contributed by atoms with E-state index < -0.39 is 28.9 Å². The summed E-state index contributed by atoms with van der Waals surface area (Å²) in [7, 11) is 2.07. The van der Waals surface area contributed by atoms with Gasteiger partial charge in [-0.05, 0) is 94.6 Å². The number of benzene rings is 1. The van der Waals surface area contributed by atoms with Gasteiger partial charge in [0, 0.05) is 35.0 Å². The van der Waals surface area contributed by atoms with Crippen LogP contribution in [-0.2, 0) is 28.7 Å². The number of fused-ring (bicyclic) bond motifs is 3. The molecule has 10 heteroatoms. The summed E-state index contributed by atoms with van der Waals surface area (Å²) in [5.41, 5.74) is 1.25. The SMILES string of the molecule is C=C(F)C(=O)N1CCC(c2nc(OC[C@@H]3CCCN3C)nc3c2CCC2(CCc4c(Cl)cccc42)C3(C)F)C[C@@H]1CC#N. The summed E-state index contributed by atoms with van der Waals surface area (Å²) in [5, 5.41) is 10.2. The molecule has 5 atom stereocenters. The average molecular weight is 610 g/mol. The molecule has 228 valence electrons. The quantitative estimate of drug-likeness (QED) is 0.369. The third kappa shape index (κ3) is 5.01. The van der Waals surface area contributed by atoms with Crippen molar-refractivity contribution in [2.75, 3.05) is 26.7 Å². The number of aromatic nitrogens is 2. The Morgan fingerprint density at radius 2 is 1.98 bits per heavy atom. The van der Waals surface area contributed by atoms with Gasteiger partial charge in [0.15, 0.2) is 11.5 Å². The number of hydrogen-bond donors (Lipinski definition) is 0. The van der Waals surface area contributed by atoms with Crippen LogP contribution >= 0.6 is 11.6 Å². The molecule has 0 bridgehead atoms. The van der Waals surface area contributed by atoms with Gasteiger partial charge in [-0.15, -0.1) is 0 Å². The molecule has 1 aromatic carbocycles. The number of ether oxygens (including phenoxy) is 1. The van der Waals surface area contributed by atoms with E-state index in [1.54, 1.807) is 6.92 Å². The summed E-state index contributed by atoms with van der Waals surface area (Å²) in [6, 6.07) is 7.81. The predicted molar refractivity (Wildman–Crippen MR) is 159 cm³/mol. The largest absolute Gasteiger partial charge is 0.462 e. The molecule has 0 N–H and O–H groups in total. The van der Waals surface area contributed by atoms with Crippen molar-refractivity contribution >= 4 is 17.5 Å². The fourth-order valence-electron chi connectivity index (χ4n) is 8.18. The maximum absolute atomic E-state index is 17.7. The molecule has 2 aliphatic carbocycles. The normalized spacial score (nSPS) is 30.1. The standard InChI is InChI=1S/C33H38ClF2N5O2/c1-20(35)30(42)41-17-12-21(18-22(41)11-15-37)28-25-10-14-33(13-9-24-26(33)7-4-8-27(24)34)32(2,36)29(25)39-31(38-28)43-19-23-6-5-16-40(23)3/h4,7-8,21-23H,1,5-6,9-14,16-19H2,2-3H3/t21?,22-,23-,32?,33?/m0/s1. The highest BCUT2D eigenvalue weighted by Crippen LogP contribution is 2.59. The number of alkyl halides is 1. The lowest BCUT2D eigenvalue weighted by molar-refractivity contribution is -0.132. The second-order valence-corrected chi connectivity index (χ2v) is 13.2. The van der Waals surface area contributed by atoms with E-state index >= 15 is 4.39 Å². The van der Waals surface area contributed by atoms with Gasteiger partial charge in [-0.2, -0.15) is 15.2 Å². The van der Waals surface area contributed by atoms with Crippen LogP contribution in [0.25, 0.3) is 0 Å². The number of likely N-dealkylation sites (N-methyl/N-ethyl adjacent to an activating group) is 1. The van der Waals surface area contributed by atoms with Crippen molar-refractivity contribution in [1.82, 2.24) is 19.8 Å². The van der Waals surface area contributed by atoms with Gasteiger partial charge in [0.2, 0.25) is 0 Å². The van der Waals surface area contributed by atoms with Crippen LogP contribution in [0.4, 0.5) is 8.78 Å². The number of nitriles is 1. The van der Waals surface area contributed by atoms with Crippen molar-refractivity contribution < 1.29 is 18.3 Å². The molecule has 0 saturated carbocycles. The van der Waals surface area contributed by atoms with Gasteiger partial charge in [-0.25, -0.2) is 8.78 Å². The zero-order valence-corrected chi connectivity index (χ0v) is 25.6. The molecule has 3 unspecified atom stereocenters. The van der Waals surface area contributed by atoms with Crippen molar-refractivity contribution in [2.45, 2.75) is 93.8 Å². The van der Waals surface area contributed by atoms with E-state index in [-0.39, 0.29) is 30.9 Å². The molecule has 1 spiro atoms. The Bertz CT molecular complexity index is 1490. The topological polar surface area (TPSA) is 82.4 Å². The lowest BCUT2D eigenvalue weighted by atomic mass is 9.60. The van der Waals surface area contributed by atoms with Crippen LogP contribution in [0.15, 0.2) is 30.6 Å². The third-order valence-corrected chi connectivity index (χ3v) is 11.0. The van der Waals surface area contributed by atoms with E-state index in [2.05, 4.69) is 24.6 Å². The summed E-state index contributed by atoms with van der Waals surface area (Å²) >= 11 is 6.57. The number of halogens is 3. The van der Waals surface area contributed by atoms with Gasteiger partial charge < -0.3 is 14.5 Å². The maximum Gasteiger partial charge on any atom is 0.317 e. The number of amides is 1. The monoisotopic (exact) mass is 609 g/mol. The Hall–Kier alpha value is -3.09. The van der Waals surface area contributed by atoms with Crippen LogP contribution < -0.4 is 4.74 Å². The second kappa shape index (κ2) is 11.4. The fraction of sp³-hybridized carbons (Fsp3) is 0.576. The minimum Gasteiger partial charge on any atom is -0.462 e. The highest BCUT2D eigenvalue weighted by molar-refractivity contribution is 6.31. The number of rotatable bonds is 6. The molecule has 4 aliphatic rings. The highest BCUT2D eigenvalue weighted by atomic mass is 35.5. The van der Waals surface area contributed by atoms with E-state index in [1.165, 1.54) is 4.90 Å². The Balaban J connectivity index is 1.41. The first-order valence-electron chi connectivity index (χ1n) is 15.3. The number of likely N-dealkylation sites (tertiary alicyclic amines) is 2. The molecule has 3 heterocycles. The number of carbonyl (C=O) groups is 1. The van der Waals surface area contributed by atoms with Crippen molar-refractivity contribution in [3.8, 4) is 12.1 Å². The number of nitrogens with zero attached hydrogens (tertiary/aromatic N) is 5. The van der Waals surface area contributed by atoms with Crippen LogP contribution in [0.3, 0.4) is 0 Å². The van der Waals surface area contributed by atoms with Crippen LogP contribution in [0.2, 0.25) is 5.02 Å². The first kappa shape index (κ1) is 30.0. The Morgan fingerprint density at radius 1 is 1.21 bits per heavy atom. The summed E-state index contributed by atoms with van der Waals surface area (Å²) < 4.78 is 37.7. The van der Waals surface area contributed by atoms with Gasteiger partial charge >= 0.3 is 6.01 Å². The molecule has 2 saturated heterocycles. The molecule has 7 nitrogen and oxygen atoms in total. The van der Waals surface area contributed by atoms with Crippen molar-refractivity contribution in [3.63, 3.8) is 0 Å². The summed E-state index contributed by atoms with van der Waals surface area (Å²) in [4.78, 5) is 25.9. The van der Waals surface area contributed by atoms with Gasteiger partial charge in [0.25, 0.3) is 5.91 Å². The molecule has 2 aliphatic heterocycles. The smallest absolute Gasteiger partial charge is 0.317 e. The molecule has 2 fully saturated rings. The Morgan fingerprint density at radius 3 is 2.67 bits per heavy atom. The average Bonchev–Trinajstić information content (AvgIpc) is 3.58. The Kier molecular flexibility index (Phi) is 7.97. The zero-order valence-electron chi connectivity index (χ0n) is 24.8. The van der Waals surface area contributed by atoms with Gasteiger partial charge in [-0.1, -0.05) is 30.3 Å². The van der Waals surface area contributed by atoms with Gasteiger partial charge in [0.05, 0.1) is 23.9 Å². The van der Waals surface area contributed by atoms with E-state index in [0.717, 1.165) is 41.8 Å². The first-order valence-corrected chi connectivity index (χ1v) is 15.7. The number of hydrogen-bond acceptors (Lipinski definition) is 6. The highest BCUT2D eigenvalue weighted by Gasteiger charge is 2.58. The van der Waals surface area contributed by atoms with Crippen LogP contribution in [0.5, 0.6) is 6.01 Å². The lowest BCUT2D eigenvalue weighted by Crippen LogP contribution is -2.48. The van der Waals surface area contributed by atoms with Crippen molar-refractivity contribution in [1.29, 1.82) is 5.26 Å². The zero-order chi connectivity index (χ0) is 30.5. The van der Waals surface area contributed by atoms with Crippen LogP contribution in [0, 0.1) is 11.3 Å². The molecule has 0 radical (unpaired) electrons. The molecule has 1 amide bonds. The minimum atomic E-state index is -1.81. The molecule has 6 rings (SSSR count). The summed E-state index contributed by atoms with van der Waals surface area (Å²) in [6.07, 6.45) is 5.60. The maximum atomic E-state index is 17.7. The van der Waals surface area contributed by atoms with Crippen LogP contribution in [0.1, 0.15) is 85.9 Å². The Labute approximate surface area is 256 Å². The molecule has 43 heavy (non-hydrogen) atoms. The van der Waals surface area contributed by atoms with Crippen molar-refractivity contribution in [3.05, 3.63) is 63.7 Å². The van der Waals surface area contributed by atoms with Crippen LogP contribution in [-0.4, -0.2) is 64.5 Å². The van der Waals surface area contributed by atoms with Gasteiger partial charge in [-0.3, -0.25) is 4.79 Å². The summed E-state index contributed by atoms with van der Waals surface area (Å²) in [6.45, 7) is 6.47. The van der Waals surface area contributed by atoms with E-state index in [9.17, 15) is 14.4 Å². The van der Waals surface area contributed by atoms with E-state index in [0.29, 0.717) is 55.8 Å². The first-order chi connectivity index (χ1) is 20.6. The van der Waals surface area contributed by atoms with Gasteiger partial charge in [0.1, 0.15) is 6.61 Å². The summed E-state index contributed by atoms with van der Waals surface area (Å²) in [5.74, 6) is -1.99. The lowest BCUT2D eigenvalue weighted by Gasteiger charge is -2.46. The third-order valence-electron chi connectivity index (χ3n) is 10.6. The number of piperidine rings is 1. The molecule has 1 aromatic heterocycles. The van der Waals surface area contributed by atoms with E-state index in [1.807, 2.05) is 18.2 Å². The fourth-order valence-corrected chi connectivity index (χ4v) is 8.45. The predicted octanol–water partition coefficient (Wildman–Crippen LogP) is 6.09. The minimum absolute atomic E-state index is 0.0572. The molecule has 2 aromatic rings.